The van der Waals surface area contributed by atoms with Gasteiger partial charge in [0.25, 0.3) is 0 Å². The highest BCUT2D eigenvalue weighted by Crippen LogP contribution is 2.34. The molecule has 8 heteroatoms. The van der Waals surface area contributed by atoms with E-state index in [-0.39, 0.29) is 12.5 Å². The van der Waals surface area contributed by atoms with Gasteiger partial charge in [-0.1, -0.05) is 0 Å². The molecule has 2 aromatic rings. The van der Waals surface area contributed by atoms with Gasteiger partial charge in [0, 0.05) is 35.6 Å². The molecule has 0 atom stereocenters. The molecular weight excluding hydrogens is 362 g/mol. The summed E-state index contributed by atoms with van der Waals surface area (Å²) in [6, 6.07) is 9.68. The Labute approximate surface area is 163 Å². The van der Waals surface area contributed by atoms with E-state index in [0.29, 0.717) is 34.3 Å². The number of hydrogen-bond acceptors (Lipinski definition) is 5. The molecule has 28 heavy (non-hydrogen) atoms. The number of hydrogen-bond donors (Lipinski definition) is 3. The van der Waals surface area contributed by atoms with Crippen LogP contribution >= 0.6 is 0 Å². The van der Waals surface area contributed by atoms with Crippen LogP contribution in [0.4, 0.5) is 21.9 Å². The first-order valence-corrected chi connectivity index (χ1v) is 8.70. The number of carbonyl (C=O) groups is 2. The van der Waals surface area contributed by atoms with Crippen LogP contribution in [-0.2, 0) is 4.79 Å². The van der Waals surface area contributed by atoms with Crippen LogP contribution in [0.15, 0.2) is 36.4 Å². The molecule has 3 N–H and O–H groups in total. The third kappa shape index (κ3) is 4.28. The summed E-state index contributed by atoms with van der Waals surface area (Å²) in [6.45, 7) is 3.86. The Morgan fingerprint density at radius 1 is 1.04 bits per heavy atom. The highest BCUT2D eigenvalue weighted by atomic mass is 16.5. The molecule has 1 aliphatic rings. The Bertz CT molecular complexity index is 888. The standard InChI is InChI=1S/C20H23N3O5/c1-20(2)11-28-17-9-12(5-6-16(17)23-18(20)24)21-19(25)22-13-7-14(26-3)10-15(8-13)27-4/h5-10H,11H2,1-4H3,(H,23,24)(H2,21,22,25). The lowest BCUT2D eigenvalue weighted by Crippen LogP contribution is -2.33. The minimum atomic E-state index is -0.643. The van der Waals surface area contributed by atoms with Crippen LogP contribution in [0.25, 0.3) is 0 Å². The van der Waals surface area contributed by atoms with Gasteiger partial charge in [-0.15, -0.1) is 0 Å². The van der Waals surface area contributed by atoms with Gasteiger partial charge in [0.05, 0.1) is 25.3 Å². The molecule has 3 rings (SSSR count). The van der Waals surface area contributed by atoms with Gasteiger partial charge in [-0.25, -0.2) is 4.79 Å². The lowest BCUT2D eigenvalue weighted by molar-refractivity contribution is -0.124. The molecule has 0 fully saturated rings. The quantitative estimate of drug-likeness (QED) is 0.745. The van der Waals surface area contributed by atoms with Gasteiger partial charge in [-0.3, -0.25) is 4.79 Å². The molecule has 1 aliphatic heterocycles. The van der Waals surface area contributed by atoms with E-state index in [0.717, 1.165) is 0 Å². The predicted molar refractivity (Wildman–Crippen MR) is 107 cm³/mol. The first-order valence-electron chi connectivity index (χ1n) is 8.70. The number of ether oxygens (including phenoxy) is 3. The normalized spacial score (nSPS) is 14.6. The third-order valence-electron chi connectivity index (χ3n) is 4.30. The molecule has 148 valence electrons. The van der Waals surface area contributed by atoms with Crippen molar-refractivity contribution in [1.29, 1.82) is 0 Å². The largest absolute Gasteiger partial charge is 0.497 e. The molecule has 0 aliphatic carbocycles. The number of urea groups is 1. The summed E-state index contributed by atoms with van der Waals surface area (Å²) < 4.78 is 16.1. The molecule has 8 nitrogen and oxygen atoms in total. The van der Waals surface area contributed by atoms with Crippen molar-refractivity contribution in [1.82, 2.24) is 0 Å². The molecule has 0 spiro atoms. The van der Waals surface area contributed by atoms with Gasteiger partial charge in [-0.2, -0.15) is 0 Å². The molecular formula is C20H23N3O5. The Hall–Kier alpha value is -3.42. The minimum Gasteiger partial charge on any atom is -0.497 e. The van der Waals surface area contributed by atoms with E-state index < -0.39 is 11.4 Å². The summed E-state index contributed by atoms with van der Waals surface area (Å²) in [5.74, 6) is 1.51. The van der Waals surface area contributed by atoms with Crippen LogP contribution in [0.3, 0.4) is 0 Å². The molecule has 0 saturated heterocycles. The predicted octanol–water partition coefficient (Wildman–Crippen LogP) is 3.70. The van der Waals surface area contributed by atoms with Gasteiger partial charge >= 0.3 is 6.03 Å². The first kappa shape index (κ1) is 19.3. The maximum absolute atomic E-state index is 12.4. The van der Waals surface area contributed by atoms with Crippen LogP contribution < -0.4 is 30.2 Å². The fraction of sp³-hybridized carbons (Fsp3) is 0.300. The molecule has 0 aromatic heterocycles. The summed E-state index contributed by atoms with van der Waals surface area (Å²) >= 11 is 0. The number of amides is 3. The number of anilines is 3. The van der Waals surface area contributed by atoms with E-state index in [9.17, 15) is 9.59 Å². The number of carbonyl (C=O) groups excluding carboxylic acids is 2. The Kier molecular flexibility index (Phi) is 5.30. The highest BCUT2D eigenvalue weighted by molar-refractivity contribution is 6.01. The minimum absolute atomic E-state index is 0.114. The van der Waals surface area contributed by atoms with Crippen LogP contribution in [0, 0.1) is 5.41 Å². The molecule has 1 heterocycles. The molecule has 0 radical (unpaired) electrons. The average molecular weight is 385 g/mol. The van der Waals surface area contributed by atoms with E-state index in [1.165, 1.54) is 14.2 Å². The second kappa shape index (κ2) is 7.67. The fourth-order valence-corrected chi connectivity index (χ4v) is 2.61. The van der Waals surface area contributed by atoms with E-state index in [4.69, 9.17) is 14.2 Å². The van der Waals surface area contributed by atoms with Crippen molar-refractivity contribution in [2.75, 3.05) is 36.8 Å². The zero-order valence-electron chi connectivity index (χ0n) is 16.2. The van der Waals surface area contributed by atoms with Crippen molar-refractivity contribution in [3.8, 4) is 17.2 Å². The summed E-state index contributed by atoms with van der Waals surface area (Å²) in [6.07, 6.45) is 0. The lowest BCUT2D eigenvalue weighted by Gasteiger charge is -2.18. The van der Waals surface area contributed by atoms with Gasteiger partial charge in [0.1, 0.15) is 23.9 Å². The van der Waals surface area contributed by atoms with Crippen molar-refractivity contribution in [3.63, 3.8) is 0 Å². The Morgan fingerprint density at radius 3 is 2.32 bits per heavy atom. The van der Waals surface area contributed by atoms with Gasteiger partial charge in [0.15, 0.2) is 0 Å². The monoisotopic (exact) mass is 385 g/mol. The van der Waals surface area contributed by atoms with Crippen molar-refractivity contribution in [2.45, 2.75) is 13.8 Å². The smallest absolute Gasteiger partial charge is 0.323 e. The van der Waals surface area contributed by atoms with Crippen LogP contribution in [0.5, 0.6) is 17.2 Å². The molecule has 0 saturated carbocycles. The maximum atomic E-state index is 12.4. The average Bonchev–Trinajstić information content (AvgIpc) is 2.77. The number of methoxy groups -OCH3 is 2. The fourth-order valence-electron chi connectivity index (χ4n) is 2.61. The van der Waals surface area contributed by atoms with Gasteiger partial charge in [-0.05, 0) is 26.0 Å². The number of nitrogens with one attached hydrogen (secondary N) is 3. The highest BCUT2D eigenvalue weighted by Gasteiger charge is 2.32. The Balaban J connectivity index is 1.72. The van der Waals surface area contributed by atoms with Gasteiger partial charge in [0.2, 0.25) is 5.91 Å². The van der Waals surface area contributed by atoms with E-state index in [1.807, 2.05) is 13.8 Å². The molecule has 3 amide bonds. The van der Waals surface area contributed by atoms with Crippen molar-refractivity contribution in [3.05, 3.63) is 36.4 Å². The molecule has 0 unspecified atom stereocenters. The third-order valence-corrected chi connectivity index (χ3v) is 4.30. The van der Waals surface area contributed by atoms with Crippen molar-refractivity contribution in [2.24, 2.45) is 5.41 Å². The summed E-state index contributed by atoms with van der Waals surface area (Å²) in [5, 5.41) is 8.31. The second-order valence-corrected chi connectivity index (χ2v) is 7.02. The summed E-state index contributed by atoms with van der Waals surface area (Å²) in [4.78, 5) is 24.5. The van der Waals surface area contributed by atoms with Crippen LogP contribution in [0.1, 0.15) is 13.8 Å². The van der Waals surface area contributed by atoms with E-state index >= 15 is 0 Å². The number of fused-ring (bicyclic) bond motifs is 1. The number of benzene rings is 2. The van der Waals surface area contributed by atoms with Crippen LogP contribution in [0.2, 0.25) is 0 Å². The van der Waals surface area contributed by atoms with E-state index in [1.54, 1.807) is 36.4 Å². The second-order valence-electron chi connectivity index (χ2n) is 7.02. The maximum Gasteiger partial charge on any atom is 0.323 e. The van der Waals surface area contributed by atoms with E-state index in [2.05, 4.69) is 16.0 Å². The van der Waals surface area contributed by atoms with Gasteiger partial charge < -0.3 is 30.2 Å². The Morgan fingerprint density at radius 2 is 1.68 bits per heavy atom. The number of rotatable bonds is 4. The molecule has 0 bridgehead atoms. The van der Waals surface area contributed by atoms with Crippen LogP contribution in [-0.4, -0.2) is 32.8 Å². The van der Waals surface area contributed by atoms with Crippen molar-refractivity contribution < 1.29 is 23.8 Å². The summed E-state index contributed by atoms with van der Waals surface area (Å²) in [5.41, 5.74) is 0.975. The lowest BCUT2D eigenvalue weighted by atomic mass is 9.94. The summed E-state index contributed by atoms with van der Waals surface area (Å²) in [7, 11) is 3.07. The first-order chi connectivity index (χ1) is 13.3. The van der Waals surface area contributed by atoms with Crippen molar-refractivity contribution >= 4 is 29.0 Å². The topological polar surface area (TPSA) is 97.9 Å². The zero-order chi connectivity index (χ0) is 20.3. The zero-order valence-corrected chi connectivity index (χ0v) is 16.2. The molecule has 2 aromatic carbocycles. The SMILES string of the molecule is COc1cc(NC(=O)Nc2ccc3c(c2)OCC(C)(C)C(=O)N3)cc(OC)c1.